The largest absolute Gasteiger partial charge is 0.496 e. The molecule has 1 atom stereocenters. The number of methoxy groups -OCH3 is 1. The van der Waals surface area contributed by atoms with Crippen LogP contribution in [-0.4, -0.2) is 38.6 Å². The van der Waals surface area contributed by atoms with Crippen LogP contribution in [0.2, 0.25) is 0 Å². The van der Waals surface area contributed by atoms with Gasteiger partial charge in [0.25, 0.3) is 0 Å². The summed E-state index contributed by atoms with van der Waals surface area (Å²) in [6.07, 6.45) is 0.407. The molecule has 1 rings (SSSR count). The van der Waals surface area contributed by atoms with E-state index in [2.05, 4.69) is 0 Å². The van der Waals surface area contributed by atoms with Crippen LogP contribution >= 0.6 is 0 Å². The summed E-state index contributed by atoms with van der Waals surface area (Å²) in [6, 6.07) is 7.68. The summed E-state index contributed by atoms with van der Waals surface area (Å²) < 4.78 is 5.29. The normalized spacial score (nSPS) is 12.0. The minimum absolute atomic E-state index is 0.000972. The smallest absolute Gasteiger partial charge is 0.222 e. The van der Waals surface area contributed by atoms with Crippen molar-refractivity contribution in [1.82, 2.24) is 4.90 Å². The zero-order valence-corrected chi connectivity index (χ0v) is 10.6. The van der Waals surface area contributed by atoms with Crippen molar-refractivity contribution in [1.29, 1.82) is 0 Å². The van der Waals surface area contributed by atoms with Gasteiger partial charge >= 0.3 is 0 Å². The average molecular weight is 236 g/mol. The van der Waals surface area contributed by atoms with Crippen LogP contribution in [0.3, 0.4) is 0 Å². The lowest BCUT2D eigenvalue weighted by atomic mass is 9.94. The molecule has 4 heteroatoms. The number of amides is 1. The zero-order valence-electron chi connectivity index (χ0n) is 10.6. The maximum Gasteiger partial charge on any atom is 0.222 e. The number of carbonyl (C=O) groups excluding carboxylic acids is 1. The molecule has 0 aliphatic heterocycles. The van der Waals surface area contributed by atoms with Crippen molar-refractivity contribution in [2.24, 2.45) is 5.73 Å². The Hall–Kier alpha value is -1.55. The number of hydrogen-bond donors (Lipinski definition) is 1. The van der Waals surface area contributed by atoms with Gasteiger partial charge in [-0.05, 0) is 18.2 Å². The summed E-state index contributed by atoms with van der Waals surface area (Å²) >= 11 is 0. The van der Waals surface area contributed by atoms with Crippen LogP contribution in [0.1, 0.15) is 17.9 Å². The Morgan fingerprint density at radius 3 is 2.59 bits per heavy atom. The molecule has 0 heterocycles. The molecule has 1 unspecified atom stereocenters. The van der Waals surface area contributed by atoms with E-state index in [1.807, 2.05) is 24.3 Å². The lowest BCUT2D eigenvalue weighted by Gasteiger charge is -2.19. The molecule has 94 valence electrons. The first-order chi connectivity index (χ1) is 8.10. The van der Waals surface area contributed by atoms with Gasteiger partial charge in [-0.25, -0.2) is 0 Å². The molecule has 2 N–H and O–H groups in total. The molecule has 1 aromatic rings. The van der Waals surface area contributed by atoms with Crippen LogP contribution in [0, 0.1) is 0 Å². The summed E-state index contributed by atoms with van der Waals surface area (Å²) in [5.74, 6) is 0.863. The lowest BCUT2D eigenvalue weighted by Crippen LogP contribution is -2.26. The van der Waals surface area contributed by atoms with Gasteiger partial charge in [0.2, 0.25) is 5.91 Å². The SMILES string of the molecule is COc1ccccc1C(CN)CC(=O)N(C)C. The first-order valence-electron chi connectivity index (χ1n) is 5.63. The summed E-state index contributed by atoms with van der Waals surface area (Å²) in [6.45, 7) is 0.431. The van der Waals surface area contributed by atoms with Crippen LogP contribution < -0.4 is 10.5 Å². The van der Waals surface area contributed by atoms with E-state index in [1.54, 1.807) is 26.1 Å². The van der Waals surface area contributed by atoms with Gasteiger partial charge in [0.05, 0.1) is 7.11 Å². The molecule has 0 saturated heterocycles. The number of nitrogens with zero attached hydrogens (tertiary/aromatic N) is 1. The van der Waals surface area contributed by atoms with Crippen molar-refractivity contribution in [3.63, 3.8) is 0 Å². The van der Waals surface area contributed by atoms with Crippen molar-refractivity contribution in [3.8, 4) is 5.75 Å². The van der Waals surface area contributed by atoms with Crippen LogP contribution in [0.4, 0.5) is 0 Å². The van der Waals surface area contributed by atoms with Crippen molar-refractivity contribution >= 4 is 5.91 Å². The molecule has 1 amide bonds. The number of carbonyl (C=O) groups is 1. The highest BCUT2D eigenvalue weighted by Crippen LogP contribution is 2.28. The van der Waals surface area contributed by atoms with Gasteiger partial charge in [0, 0.05) is 26.4 Å². The van der Waals surface area contributed by atoms with Gasteiger partial charge in [-0.15, -0.1) is 0 Å². The summed E-state index contributed by atoms with van der Waals surface area (Å²) in [7, 11) is 5.12. The first-order valence-corrected chi connectivity index (χ1v) is 5.63. The van der Waals surface area contributed by atoms with Crippen molar-refractivity contribution in [3.05, 3.63) is 29.8 Å². The van der Waals surface area contributed by atoms with Gasteiger partial charge in [-0.2, -0.15) is 0 Å². The molecule has 1 aromatic carbocycles. The average Bonchev–Trinajstić information content (AvgIpc) is 2.35. The highest BCUT2D eigenvalue weighted by molar-refractivity contribution is 5.76. The van der Waals surface area contributed by atoms with Crippen LogP contribution in [0.5, 0.6) is 5.75 Å². The van der Waals surface area contributed by atoms with Crippen molar-refractivity contribution in [2.75, 3.05) is 27.7 Å². The molecule has 0 aliphatic rings. The third-order valence-electron chi connectivity index (χ3n) is 2.78. The van der Waals surface area contributed by atoms with E-state index in [1.165, 1.54) is 0 Å². The quantitative estimate of drug-likeness (QED) is 0.836. The molecule has 0 bridgehead atoms. The molecule has 0 aromatic heterocycles. The second-order valence-corrected chi connectivity index (χ2v) is 4.17. The van der Waals surface area contributed by atoms with E-state index in [9.17, 15) is 4.79 Å². The summed E-state index contributed by atoms with van der Waals surface area (Å²) in [5.41, 5.74) is 6.74. The number of rotatable bonds is 5. The number of nitrogens with two attached hydrogens (primary N) is 1. The Morgan fingerprint density at radius 2 is 2.06 bits per heavy atom. The molecule has 0 radical (unpaired) electrons. The minimum Gasteiger partial charge on any atom is -0.496 e. The van der Waals surface area contributed by atoms with Crippen molar-refractivity contribution < 1.29 is 9.53 Å². The lowest BCUT2D eigenvalue weighted by molar-refractivity contribution is -0.129. The van der Waals surface area contributed by atoms with E-state index in [0.717, 1.165) is 11.3 Å². The van der Waals surface area contributed by atoms with Gasteiger partial charge in [-0.1, -0.05) is 18.2 Å². The Balaban J connectivity index is 2.89. The Labute approximate surface area is 102 Å². The number of para-hydroxylation sites is 1. The van der Waals surface area contributed by atoms with E-state index in [0.29, 0.717) is 13.0 Å². The summed E-state index contributed by atoms with van der Waals surface area (Å²) in [4.78, 5) is 13.3. The molecular formula is C13H20N2O2. The van der Waals surface area contributed by atoms with Gasteiger partial charge in [0.1, 0.15) is 5.75 Å². The monoisotopic (exact) mass is 236 g/mol. The third kappa shape index (κ3) is 3.46. The van der Waals surface area contributed by atoms with Gasteiger partial charge in [0.15, 0.2) is 0 Å². The molecule has 0 fully saturated rings. The summed E-state index contributed by atoms with van der Waals surface area (Å²) in [5, 5.41) is 0. The third-order valence-corrected chi connectivity index (χ3v) is 2.78. The number of benzene rings is 1. The first kappa shape index (κ1) is 13.5. The maximum absolute atomic E-state index is 11.7. The predicted molar refractivity (Wildman–Crippen MR) is 68.1 cm³/mol. The van der Waals surface area contributed by atoms with Crippen LogP contribution in [-0.2, 0) is 4.79 Å². The molecule has 17 heavy (non-hydrogen) atoms. The maximum atomic E-state index is 11.7. The van der Waals surface area contributed by atoms with E-state index < -0.39 is 0 Å². The number of ether oxygens (including phenoxy) is 1. The Bertz CT molecular complexity index is 377. The molecule has 0 spiro atoms. The van der Waals surface area contributed by atoms with E-state index >= 15 is 0 Å². The Kier molecular flexibility index (Phi) is 4.97. The zero-order chi connectivity index (χ0) is 12.8. The van der Waals surface area contributed by atoms with Gasteiger partial charge in [-0.3, -0.25) is 4.79 Å². The highest BCUT2D eigenvalue weighted by atomic mass is 16.5. The molecular weight excluding hydrogens is 216 g/mol. The fourth-order valence-corrected chi connectivity index (χ4v) is 1.72. The van der Waals surface area contributed by atoms with Crippen LogP contribution in [0.25, 0.3) is 0 Å². The number of hydrogen-bond acceptors (Lipinski definition) is 3. The molecule has 4 nitrogen and oxygen atoms in total. The van der Waals surface area contributed by atoms with Crippen LogP contribution in [0.15, 0.2) is 24.3 Å². The highest BCUT2D eigenvalue weighted by Gasteiger charge is 2.18. The van der Waals surface area contributed by atoms with Crippen molar-refractivity contribution in [2.45, 2.75) is 12.3 Å². The topological polar surface area (TPSA) is 55.6 Å². The fraction of sp³-hybridized carbons (Fsp3) is 0.462. The van der Waals surface area contributed by atoms with E-state index in [-0.39, 0.29) is 11.8 Å². The second-order valence-electron chi connectivity index (χ2n) is 4.17. The standard InChI is InChI=1S/C13H20N2O2/c1-15(2)13(16)8-10(9-14)11-6-4-5-7-12(11)17-3/h4-7,10H,8-9,14H2,1-3H3. The van der Waals surface area contributed by atoms with Gasteiger partial charge < -0.3 is 15.4 Å². The minimum atomic E-state index is 0.000972. The Morgan fingerprint density at radius 1 is 1.41 bits per heavy atom. The molecule has 0 saturated carbocycles. The second kappa shape index (κ2) is 6.25. The molecule has 0 aliphatic carbocycles. The fourth-order valence-electron chi connectivity index (χ4n) is 1.72. The van der Waals surface area contributed by atoms with E-state index in [4.69, 9.17) is 10.5 Å². The predicted octanol–water partition coefficient (Wildman–Crippen LogP) is 1.22.